The van der Waals surface area contributed by atoms with E-state index in [-0.39, 0.29) is 74.7 Å². The Morgan fingerprint density at radius 2 is 0.758 bits per heavy atom. The van der Waals surface area contributed by atoms with Gasteiger partial charge in [0.15, 0.2) is 0 Å². The monoisotopic (exact) mass is 468 g/mol. The van der Waals surface area contributed by atoms with E-state index >= 15 is 0 Å². The number of rotatable bonds is 12. The fourth-order valence-corrected chi connectivity index (χ4v) is 2.74. The standard InChI is InChI=1S/C21H36N6O6/c1-13(2)16(28)22-7-10-25-19(31)26(11-8-23-17(29)14(3)4)21(33)27(20(25)32)12-9-24-18(30)15(5)6/h13-15H,7-12H2,1-6H3,(H,22,28)(H,23,29)(H,24,30). The van der Waals surface area contributed by atoms with Gasteiger partial charge in [0.2, 0.25) is 17.7 Å². The first-order valence-electron chi connectivity index (χ1n) is 11.2. The predicted molar refractivity (Wildman–Crippen MR) is 123 cm³/mol. The van der Waals surface area contributed by atoms with Crippen molar-refractivity contribution in [2.45, 2.75) is 61.2 Å². The Kier molecular flexibility index (Phi) is 10.8. The van der Waals surface area contributed by atoms with Crippen LogP contribution in [0.5, 0.6) is 0 Å². The molecule has 12 heteroatoms. The minimum Gasteiger partial charge on any atom is -0.354 e. The predicted octanol–water partition coefficient (Wildman–Crippen LogP) is -1.51. The molecule has 0 aliphatic heterocycles. The van der Waals surface area contributed by atoms with Crippen LogP contribution in [0.3, 0.4) is 0 Å². The SMILES string of the molecule is CC(C)C(=O)NCCn1c(=O)n(CCNC(=O)C(C)C)c(=O)n(CCNC(=O)C(C)C)c1=O. The first-order valence-corrected chi connectivity index (χ1v) is 11.2. The molecule has 0 atom stereocenters. The fraction of sp³-hybridized carbons (Fsp3) is 0.714. The van der Waals surface area contributed by atoms with Gasteiger partial charge >= 0.3 is 17.1 Å². The molecule has 186 valence electrons. The lowest BCUT2D eigenvalue weighted by molar-refractivity contribution is -0.124. The molecule has 0 fully saturated rings. The van der Waals surface area contributed by atoms with E-state index < -0.39 is 17.1 Å². The molecule has 1 aromatic rings. The van der Waals surface area contributed by atoms with Crippen LogP contribution in [0.4, 0.5) is 0 Å². The molecular formula is C21H36N6O6. The zero-order chi connectivity index (χ0) is 25.3. The van der Waals surface area contributed by atoms with Gasteiger partial charge in [0.1, 0.15) is 0 Å². The number of nitrogens with one attached hydrogen (secondary N) is 3. The average molecular weight is 469 g/mol. The van der Waals surface area contributed by atoms with Crippen molar-refractivity contribution >= 4 is 17.7 Å². The van der Waals surface area contributed by atoms with E-state index in [0.717, 1.165) is 13.7 Å². The minimum atomic E-state index is -0.829. The van der Waals surface area contributed by atoms with Crippen LogP contribution in [0.2, 0.25) is 0 Å². The Morgan fingerprint density at radius 3 is 0.939 bits per heavy atom. The maximum atomic E-state index is 12.9. The molecule has 33 heavy (non-hydrogen) atoms. The molecule has 0 saturated heterocycles. The summed E-state index contributed by atoms with van der Waals surface area (Å²) in [6.45, 7) is 9.97. The smallest absolute Gasteiger partial charge is 0.336 e. The van der Waals surface area contributed by atoms with Gasteiger partial charge in [-0.15, -0.1) is 0 Å². The second-order valence-corrected chi connectivity index (χ2v) is 8.64. The molecule has 0 saturated carbocycles. The summed E-state index contributed by atoms with van der Waals surface area (Å²) in [5.74, 6) is -1.48. The van der Waals surface area contributed by atoms with Crippen molar-refractivity contribution in [3.05, 3.63) is 31.5 Å². The summed E-state index contributed by atoms with van der Waals surface area (Å²) >= 11 is 0. The number of hydrogen-bond donors (Lipinski definition) is 3. The normalized spacial score (nSPS) is 11.2. The third kappa shape index (κ3) is 8.03. The highest BCUT2D eigenvalue weighted by Gasteiger charge is 2.17. The van der Waals surface area contributed by atoms with E-state index in [1.165, 1.54) is 0 Å². The van der Waals surface area contributed by atoms with Crippen LogP contribution in [0.1, 0.15) is 41.5 Å². The van der Waals surface area contributed by atoms with Crippen LogP contribution in [-0.2, 0) is 34.0 Å². The van der Waals surface area contributed by atoms with Crippen molar-refractivity contribution in [2.24, 2.45) is 17.8 Å². The summed E-state index contributed by atoms with van der Waals surface area (Å²) in [5.41, 5.74) is -2.49. The lowest BCUT2D eigenvalue weighted by Gasteiger charge is -2.16. The number of carbonyl (C=O) groups excluding carboxylic acids is 3. The molecule has 1 heterocycles. The van der Waals surface area contributed by atoms with Gasteiger partial charge < -0.3 is 16.0 Å². The third-order valence-electron chi connectivity index (χ3n) is 4.86. The Labute approximate surface area is 192 Å². The van der Waals surface area contributed by atoms with Crippen molar-refractivity contribution < 1.29 is 14.4 Å². The van der Waals surface area contributed by atoms with E-state index in [1.807, 2.05) is 0 Å². The number of amides is 3. The van der Waals surface area contributed by atoms with Gasteiger partial charge in [-0.25, -0.2) is 28.1 Å². The van der Waals surface area contributed by atoms with E-state index in [0.29, 0.717) is 0 Å². The molecule has 0 aromatic carbocycles. The molecule has 0 aliphatic rings. The summed E-state index contributed by atoms with van der Waals surface area (Å²) < 4.78 is 2.61. The molecular weight excluding hydrogens is 432 g/mol. The maximum Gasteiger partial charge on any atom is 0.336 e. The van der Waals surface area contributed by atoms with E-state index in [4.69, 9.17) is 0 Å². The van der Waals surface area contributed by atoms with Gasteiger partial charge in [-0.2, -0.15) is 0 Å². The zero-order valence-electron chi connectivity index (χ0n) is 20.3. The molecule has 0 unspecified atom stereocenters. The topological polar surface area (TPSA) is 153 Å². The van der Waals surface area contributed by atoms with Gasteiger partial charge in [0, 0.05) is 57.0 Å². The fourth-order valence-electron chi connectivity index (χ4n) is 2.74. The van der Waals surface area contributed by atoms with Crippen LogP contribution >= 0.6 is 0 Å². The Balaban J connectivity index is 3.21. The van der Waals surface area contributed by atoms with Crippen LogP contribution < -0.4 is 33.0 Å². The summed E-state index contributed by atoms with van der Waals surface area (Å²) in [6, 6.07) is 0. The minimum absolute atomic E-state index is 0.0263. The quantitative estimate of drug-likeness (QED) is 0.339. The lowest BCUT2D eigenvalue weighted by Crippen LogP contribution is -2.56. The van der Waals surface area contributed by atoms with E-state index in [9.17, 15) is 28.8 Å². The maximum absolute atomic E-state index is 12.9. The van der Waals surface area contributed by atoms with Crippen LogP contribution in [0, 0.1) is 17.8 Å². The molecule has 0 radical (unpaired) electrons. The first-order chi connectivity index (χ1) is 15.4. The average Bonchev–Trinajstić information content (AvgIpc) is 2.74. The van der Waals surface area contributed by atoms with Gasteiger partial charge in [-0.3, -0.25) is 14.4 Å². The lowest BCUT2D eigenvalue weighted by atomic mass is 10.2. The summed E-state index contributed by atoms with van der Waals surface area (Å²) in [5, 5.41) is 7.89. The van der Waals surface area contributed by atoms with Crippen molar-refractivity contribution in [3.63, 3.8) is 0 Å². The molecule has 3 N–H and O–H groups in total. The summed E-state index contributed by atoms with van der Waals surface area (Å²) in [6.07, 6.45) is 0. The largest absolute Gasteiger partial charge is 0.354 e. The van der Waals surface area contributed by atoms with E-state index in [2.05, 4.69) is 16.0 Å². The molecule has 1 aromatic heterocycles. The number of aromatic nitrogens is 3. The second-order valence-electron chi connectivity index (χ2n) is 8.64. The third-order valence-corrected chi connectivity index (χ3v) is 4.86. The van der Waals surface area contributed by atoms with E-state index in [1.54, 1.807) is 41.5 Å². The molecule has 1 rings (SSSR count). The van der Waals surface area contributed by atoms with Gasteiger partial charge in [0.25, 0.3) is 0 Å². The van der Waals surface area contributed by atoms with Crippen LogP contribution in [0.15, 0.2) is 14.4 Å². The number of carbonyl (C=O) groups is 3. The van der Waals surface area contributed by atoms with Crippen molar-refractivity contribution in [2.75, 3.05) is 19.6 Å². The first kappa shape index (κ1) is 27.9. The number of hydrogen-bond acceptors (Lipinski definition) is 6. The van der Waals surface area contributed by atoms with Gasteiger partial charge in [-0.1, -0.05) is 41.5 Å². The van der Waals surface area contributed by atoms with Gasteiger partial charge in [-0.05, 0) is 0 Å². The highest BCUT2D eigenvalue weighted by molar-refractivity contribution is 5.78. The zero-order valence-corrected chi connectivity index (χ0v) is 20.3. The molecule has 0 bridgehead atoms. The Hall–Kier alpha value is -3.18. The summed E-state index contributed by atoms with van der Waals surface area (Å²) in [4.78, 5) is 74.0. The molecule has 12 nitrogen and oxygen atoms in total. The molecule has 0 spiro atoms. The summed E-state index contributed by atoms with van der Waals surface area (Å²) in [7, 11) is 0. The Morgan fingerprint density at radius 1 is 0.545 bits per heavy atom. The van der Waals surface area contributed by atoms with Crippen LogP contribution in [-0.4, -0.2) is 51.1 Å². The second kappa shape index (κ2) is 12.8. The molecule has 0 aliphatic carbocycles. The molecule has 3 amide bonds. The van der Waals surface area contributed by atoms with Crippen molar-refractivity contribution in [1.82, 2.24) is 29.7 Å². The van der Waals surface area contributed by atoms with Crippen LogP contribution in [0.25, 0.3) is 0 Å². The van der Waals surface area contributed by atoms with Crippen molar-refractivity contribution in [3.8, 4) is 0 Å². The Bertz CT molecular complexity index is 859. The van der Waals surface area contributed by atoms with Gasteiger partial charge in [0.05, 0.1) is 0 Å². The highest BCUT2D eigenvalue weighted by atomic mass is 16.2. The van der Waals surface area contributed by atoms with Crippen molar-refractivity contribution in [1.29, 1.82) is 0 Å². The highest BCUT2D eigenvalue weighted by Crippen LogP contribution is 1.91. The number of nitrogens with zero attached hydrogens (tertiary/aromatic N) is 3.